The molecule has 6 aromatic rings. The third-order valence-electron chi connectivity index (χ3n) is 8.08. The summed E-state index contributed by atoms with van der Waals surface area (Å²) in [4.78, 5) is 47.9. The lowest BCUT2D eigenvalue weighted by Crippen LogP contribution is -2.30. The van der Waals surface area contributed by atoms with Crippen LogP contribution in [0.5, 0.6) is 5.75 Å². The number of carbonyl (C=O) groups excluding carboxylic acids is 3. The van der Waals surface area contributed by atoms with Crippen LogP contribution in [0.25, 0.3) is 17.3 Å². The van der Waals surface area contributed by atoms with E-state index in [1.807, 2.05) is 121 Å². The van der Waals surface area contributed by atoms with Gasteiger partial charge in [-0.2, -0.15) is 0 Å². The number of nitrogens with one attached hydrogen (secondary N) is 3. The molecule has 0 radical (unpaired) electrons. The highest BCUT2D eigenvalue weighted by molar-refractivity contribution is 8.00. The fourth-order valence-electron chi connectivity index (χ4n) is 5.23. The molecule has 0 aliphatic carbocycles. The van der Waals surface area contributed by atoms with Crippen molar-refractivity contribution in [2.45, 2.75) is 10.1 Å². The number of anilines is 3. The quantitative estimate of drug-likeness (QED) is 0.0802. The summed E-state index contributed by atoms with van der Waals surface area (Å²) in [5.41, 5.74) is 5.32. The number of carbonyl (C=O) groups is 3. The van der Waals surface area contributed by atoms with Crippen LogP contribution >= 0.6 is 23.1 Å². The minimum atomic E-state index is -0.577. The van der Waals surface area contributed by atoms with Crippen molar-refractivity contribution in [3.63, 3.8) is 0 Å². The number of benzene rings is 5. The van der Waals surface area contributed by atoms with Crippen LogP contribution in [0.15, 0.2) is 149 Å². The minimum Gasteiger partial charge on any atom is -0.497 e. The zero-order chi connectivity index (χ0) is 37.2. The fourth-order valence-corrected chi connectivity index (χ4v) is 6.97. The van der Waals surface area contributed by atoms with E-state index in [0.29, 0.717) is 16.4 Å². The molecule has 0 aliphatic rings. The van der Waals surface area contributed by atoms with Gasteiger partial charge in [-0.25, -0.2) is 4.98 Å². The molecular formula is C42H37N5O4S2. The Balaban J connectivity index is 1.16. The van der Waals surface area contributed by atoms with Gasteiger partial charge in [0.05, 0.1) is 12.8 Å². The summed E-state index contributed by atoms with van der Waals surface area (Å²) in [5, 5.41) is 10.5. The first-order chi connectivity index (χ1) is 25.7. The van der Waals surface area contributed by atoms with Crippen LogP contribution < -0.4 is 25.6 Å². The number of nitrogens with zero attached hydrogens (tertiary/aromatic N) is 2. The van der Waals surface area contributed by atoms with Gasteiger partial charge in [-0.15, -0.1) is 23.1 Å². The molecule has 0 saturated carbocycles. The zero-order valence-electron chi connectivity index (χ0n) is 29.3. The van der Waals surface area contributed by atoms with Gasteiger partial charge in [0.1, 0.15) is 16.7 Å². The molecule has 11 heteroatoms. The van der Waals surface area contributed by atoms with Crippen LogP contribution in [0, 0.1) is 0 Å². The van der Waals surface area contributed by atoms with E-state index in [1.165, 1.54) is 23.1 Å². The van der Waals surface area contributed by atoms with Crippen LogP contribution in [-0.4, -0.2) is 43.9 Å². The van der Waals surface area contributed by atoms with Gasteiger partial charge >= 0.3 is 0 Å². The number of methoxy groups -OCH3 is 1. The first-order valence-corrected chi connectivity index (χ1v) is 18.4. The van der Waals surface area contributed by atoms with Gasteiger partial charge in [0.2, 0.25) is 5.91 Å². The third-order valence-corrected chi connectivity index (χ3v) is 10.1. The SMILES string of the molecule is COc1ccc(-c2csc(NC(=O)C(Sc3ccc(NC(=O)/C(=C/c4ccc(N(C)C)cc4)NC(=O)c4ccccc4)cc3)c3ccccc3)n2)cc1. The Hall–Kier alpha value is -6.17. The summed E-state index contributed by atoms with van der Waals surface area (Å²) in [5.74, 6) is -0.336. The van der Waals surface area contributed by atoms with Crippen molar-refractivity contribution < 1.29 is 19.1 Å². The van der Waals surface area contributed by atoms with Gasteiger partial charge in [0.25, 0.3) is 11.8 Å². The first kappa shape index (κ1) is 36.6. The van der Waals surface area contributed by atoms with Crippen molar-refractivity contribution >= 4 is 63.4 Å². The Morgan fingerprint density at radius 1 is 0.792 bits per heavy atom. The number of thioether (sulfide) groups is 1. The van der Waals surface area contributed by atoms with Crippen molar-refractivity contribution in [2.75, 3.05) is 36.7 Å². The molecule has 0 saturated heterocycles. The molecule has 1 atom stereocenters. The van der Waals surface area contributed by atoms with E-state index in [4.69, 9.17) is 4.74 Å². The van der Waals surface area contributed by atoms with Crippen LogP contribution in [0.3, 0.4) is 0 Å². The molecule has 1 unspecified atom stereocenters. The normalized spacial score (nSPS) is 11.6. The van der Waals surface area contributed by atoms with Crippen LogP contribution in [-0.2, 0) is 9.59 Å². The highest BCUT2D eigenvalue weighted by Gasteiger charge is 2.24. The average Bonchev–Trinajstić information content (AvgIpc) is 3.66. The first-order valence-electron chi connectivity index (χ1n) is 16.6. The van der Waals surface area contributed by atoms with Crippen molar-refractivity contribution in [1.29, 1.82) is 0 Å². The maximum absolute atomic E-state index is 13.7. The maximum atomic E-state index is 13.7. The lowest BCUT2D eigenvalue weighted by Gasteiger charge is -2.17. The summed E-state index contributed by atoms with van der Waals surface area (Å²) in [7, 11) is 5.52. The molecule has 9 nitrogen and oxygen atoms in total. The standard InChI is InChI=1S/C42H37N5O4S2/c1-47(2)33-20-14-28(15-21-33)26-36(44-39(48)31-12-8-5-9-13-31)40(49)43-32-18-24-35(25-19-32)53-38(30-10-6-4-7-11-30)41(50)46-42-45-37(27-52-42)29-16-22-34(51-3)23-17-29/h4-27,38H,1-3H3,(H,43,49)(H,44,48)(H,45,46,50)/b36-26-. The Morgan fingerprint density at radius 3 is 2.09 bits per heavy atom. The molecule has 1 heterocycles. The van der Waals surface area contributed by atoms with Crippen molar-refractivity contribution in [2.24, 2.45) is 0 Å². The molecule has 0 fully saturated rings. The van der Waals surface area contributed by atoms with E-state index >= 15 is 0 Å². The highest BCUT2D eigenvalue weighted by Crippen LogP contribution is 2.37. The summed E-state index contributed by atoms with van der Waals surface area (Å²) in [6, 6.07) is 40.8. The Bertz CT molecular complexity index is 2190. The maximum Gasteiger partial charge on any atom is 0.272 e. The Labute approximate surface area is 316 Å². The lowest BCUT2D eigenvalue weighted by atomic mass is 10.1. The monoisotopic (exact) mass is 739 g/mol. The van der Waals surface area contributed by atoms with E-state index < -0.39 is 17.1 Å². The number of rotatable bonds is 13. The Kier molecular flexibility index (Phi) is 12.0. The Morgan fingerprint density at radius 2 is 1.45 bits per heavy atom. The van der Waals surface area contributed by atoms with Crippen molar-refractivity contribution in [1.82, 2.24) is 10.3 Å². The van der Waals surface area contributed by atoms with Crippen LogP contribution in [0.1, 0.15) is 26.7 Å². The number of hydrogen-bond acceptors (Lipinski definition) is 8. The number of aromatic nitrogens is 1. The highest BCUT2D eigenvalue weighted by atomic mass is 32.2. The molecule has 3 amide bonds. The summed E-state index contributed by atoms with van der Waals surface area (Å²) in [6.45, 7) is 0. The van der Waals surface area contributed by atoms with Gasteiger partial charge in [0.15, 0.2) is 5.13 Å². The second-order valence-electron chi connectivity index (χ2n) is 12.0. The summed E-state index contributed by atoms with van der Waals surface area (Å²) < 4.78 is 5.26. The van der Waals surface area contributed by atoms with Crippen molar-refractivity contribution in [3.05, 3.63) is 161 Å². The van der Waals surface area contributed by atoms with Gasteiger partial charge in [-0.05, 0) is 90.0 Å². The molecule has 6 rings (SSSR count). The number of amides is 3. The second-order valence-corrected chi connectivity index (χ2v) is 14.0. The van der Waals surface area contributed by atoms with Crippen LogP contribution in [0.2, 0.25) is 0 Å². The largest absolute Gasteiger partial charge is 0.497 e. The molecule has 0 spiro atoms. The van der Waals surface area contributed by atoms with E-state index in [0.717, 1.165) is 38.7 Å². The van der Waals surface area contributed by atoms with E-state index in [-0.39, 0.29) is 11.6 Å². The van der Waals surface area contributed by atoms with Crippen molar-refractivity contribution in [3.8, 4) is 17.0 Å². The second kappa shape index (κ2) is 17.4. The number of thiazole rings is 1. The molecule has 3 N–H and O–H groups in total. The summed E-state index contributed by atoms with van der Waals surface area (Å²) in [6.07, 6.45) is 1.64. The number of hydrogen-bond donors (Lipinski definition) is 3. The fraction of sp³-hybridized carbons (Fsp3) is 0.0952. The minimum absolute atomic E-state index is 0.0908. The molecule has 266 valence electrons. The van der Waals surface area contributed by atoms with Crippen LogP contribution in [0.4, 0.5) is 16.5 Å². The summed E-state index contributed by atoms with van der Waals surface area (Å²) >= 11 is 2.75. The molecule has 0 bridgehead atoms. The average molecular weight is 740 g/mol. The molecule has 53 heavy (non-hydrogen) atoms. The predicted molar refractivity (Wildman–Crippen MR) is 215 cm³/mol. The topological polar surface area (TPSA) is 113 Å². The van der Waals surface area contributed by atoms with Gasteiger partial charge in [-0.3, -0.25) is 14.4 Å². The van der Waals surface area contributed by atoms with Gasteiger partial charge in [-0.1, -0.05) is 60.7 Å². The number of ether oxygens (including phenoxy) is 1. The van der Waals surface area contributed by atoms with E-state index in [9.17, 15) is 14.4 Å². The smallest absolute Gasteiger partial charge is 0.272 e. The van der Waals surface area contributed by atoms with E-state index in [2.05, 4.69) is 20.9 Å². The van der Waals surface area contributed by atoms with Gasteiger partial charge < -0.3 is 25.6 Å². The molecule has 5 aromatic carbocycles. The predicted octanol–water partition coefficient (Wildman–Crippen LogP) is 8.77. The molecule has 1 aromatic heterocycles. The molecule has 0 aliphatic heterocycles. The zero-order valence-corrected chi connectivity index (χ0v) is 30.9. The van der Waals surface area contributed by atoms with E-state index in [1.54, 1.807) is 49.6 Å². The third kappa shape index (κ3) is 9.79. The molecular weight excluding hydrogens is 703 g/mol. The lowest BCUT2D eigenvalue weighted by molar-refractivity contribution is -0.116. The van der Waals surface area contributed by atoms with Gasteiger partial charge in [0, 0.05) is 46.9 Å².